The standard InChI is InChI=1S/2C26H66O8Si6.C25H64O8Si6/c1-23(17-19-39(15,31-35(3,4)5)32-36(6,7)8)29-25(21-27)26(22-28)30-24(2)18-20-40(16,33-37(9,10)11)34-38(12,13)14;1-23(39(15,31-35(3,4)5)32-36(6,7)8)17-19-29-25(21-27)26(22-28)30-20-18-24(2)40(16,33-37(9,10)11)34-38(12,13)14;1-23(17-20-39(15,32-36(8,9)10)33-37(11,12)13)29-25(22-27)24(21-26)28-18-16-19-38(14,30-34(2,3)4)31-35(5,6)7/h2*23-28H,17-22H2,1-16H3;23-27H,16-22H2,1-15H3/t2*23?,24?,25-,26+;23?,24-,25+/m..0/s1. The Morgan fingerprint density at radius 2 is 0.353 bits per heavy atom. The Morgan fingerprint density at radius 3 is 0.529 bits per heavy atom. The van der Waals surface area contributed by atoms with E-state index in [1.165, 1.54) is 0 Å². The van der Waals surface area contributed by atoms with Crippen LogP contribution < -0.4 is 0 Å². The molecular weight excluding hydrogens is 1810 g/mol. The summed E-state index contributed by atoms with van der Waals surface area (Å²) in [6, 6.07) is 3.29. The summed E-state index contributed by atoms with van der Waals surface area (Å²) in [5.41, 5.74) is 0.444. The van der Waals surface area contributed by atoms with Crippen LogP contribution in [0, 0.1) is 0 Å². The predicted octanol–water partition coefficient (Wildman–Crippen LogP) is 20.2. The third-order valence-electron chi connectivity index (χ3n) is 17.4. The molecule has 0 aliphatic heterocycles. The second-order valence-electron chi connectivity index (χ2n) is 46.0. The lowest BCUT2D eigenvalue weighted by molar-refractivity contribution is -0.145. The Morgan fingerprint density at radius 1 is 0.193 bits per heavy atom. The van der Waals surface area contributed by atoms with Gasteiger partial charge in [-0.1, -0.05) is 13.8 Å². The van der Waals surface area contributed by atoms with E-state index >= 15 is 0 Å². The zero-order valence-corrected chi connectivity index (χ0v) is 104. The third-order valence-corrected chi connectivity index (χ3v) is 76.1. The highest BCUT2D eigenvalue weighted by atomic mass is 28.5. The summed E-state index contributed by atoms with van der Waals surface area (Å²) in [6.45, 7) is 103. The Labute approximate surface area is 751 Å². The molecule has 720 valence electrons. The van der Waals surface area contributed by atoms with Crippen molar-refractivity contribution >= 4 is 151 Å². The fourth-order valence-corrected chi connectivity index (χ4v) is 90.1. The van der Waals surface area contributed by atoms with Crippen LogP contribution in [0.25, 0.3) is 0 Å². The van der Waals surface area contributed by atoms with E-state index in [-0.39, 0.29) is 69.0 Å². The predicted molar refractivity (Wildman–Crippen MR) is 543 cm³/mol. The smallest absolute Gasteiger partial charge is 0.317 e. The highest BCUT2D eigenvalue weighted by molar-refractivity contribution is 6.92. The van der Waals surface area contributed by atoms with Gasteiger partial charge in [0, 0.05) is 30.9 Å². The SMILES string of the molecule is CC(CCO[C@@H](CO)[C@@H](CO)OCCC(C)[Si](C)(O[Si](C)(C)C)O[Si](C)(C)C)[Si](C)(O[Si](C)(C)C)O[Si](C)(C)C.CC(CC[Si](C)(O[Si](C)(C)C)O[Si](C)(C)C)O[C@@H](CO)[C@@H](CO)OC(C)CC[Si](C)(O[Si](C)(C)C)O[Si](C)(C)C.CC(CC[Si](C)(O[Si](C)(C)C)O[Si](C)(C)C)O[C@H](CO)[C@H](CO)OCCC[Si](C)(O[Si](C)(C)C)O[Si](C)(C)C. The molecule has 0 aliphatic carbocycles. The molecular formula is C77H196O24Si18. The van der Waals surface area contributed by atoms with Gasteiger partial charge in [-0.15, -0.1) is 0 Å². The first-order valence-corrected chi connectivity index (χ1v) is 100. The van der Waals surface area contributed by atoms with Crippen molar-refractivity contribution in [1.29, 1.82) is 0 Å². The number of hydrogen-bond donors (Lipinski definition) is 6. The second-order valence-corrected chi connectivity index (χ2v) is 124. The fraction of sp³-hybridized carbons (Fsp3) is 1.00. The first-order chi connectivity index (χ1) is 52.8. The van der Waals surface area contributed by atoms with Crippen LogP contribution in [0.1, 0.15) is 73.1 Å². The van der Waals surface area contributed by atoms with E-state index in [1.54, 1.807) is 0 Å². The zero-order chi connectivity index (χ0) is 94.5. The van der Waals surface area contributed by atoms with Crippen molar-refractivity contribution in [3.8, 4) is 0 Å². The van der Waals surface area contributed by atoms with E-state index in [0.717, 1.165) is 62.7 Å². The van der Waals surface area contributed by atoms with Crippen molar-refractivity contribution in [2.75, 3.05) is 59.5 Å². The Hall–Kier alpha value is 2.94. The molecule has 0 bridgehead atoms. The van der Waals surface area contributed by atoms with Gasteiger partial charge in [-0.3, -0.25) is 0 Å². The van der Waals surface area contributed by atoms with Gasteiger partial charge in [0.2, 0.25) is 0 Å². The lowest BCUT2D eigenvalue weighted by Crippen LogP contribution is -2.55. The molecule has 0 aromatic heterocycles. The number of rotatable bonds is 63. The van der Waals surface area contributed by atoms with Crippen molar-refractivity contribution in [3.05, 3.63) is 0 Å². The zero-order valence-electron chi connectivity index (χ0n) is 85.8. The lowest BCUT2D eigenvalue weighted by atomic mass is 10.2. The Bertz CT molecular complexity index is 2470. The van der Waals surface area contributed by atoms with E-state index in [9.17, 15) is 30.6 Å². The van der Waals surface area contributed by atoms with Gasteiger partial charge in [-0.2, -0.15) is 0 Å². The molecule has 6 N–H and O–H groups in total. The van der Waals surface area contributed by atoms with Crippen molar-refractivity contribution in [2.24, 2.45) is 0 Å². The van der Waals surface area contributed by atoms with Gasteiger partial charge in [-0.05, 0) is 358 Å². The number of ether oxygens (including phenoxy) is 6. The molecule has 0 radical (unpaired) electrons. The summed E-state index contributed by atoms with van der Waals surface area (Å²) >= 11 is 0. The first-order valence-electron chi connectivity index (χ1n) is 44.7. The molecule has 0 aromatic rings. The number of aliphatic hydroxyl groups excluding tert-OH is 6. The average Bonchev–Trinajstić information content (AvgIpc) is 0.802. The Kier molecular flexibility index (Phi) is 56.3. The van der Waals surface area contributed by atoms with Gasteiger partial charge in [0.15, 0.2) is 99.8 Å². The van der Waals surface area contributed by atoms with Gasteiger partial charge < -0.3 is 108 Å². The van der Waals surface area contributed by atoms with E-state index in [4.69, 9.17) is 77.8 Å². The van der Waals surface area contributed by atoms with E-state index < -0.39 is 188 Å². The van der Waals surface area contributed by atoms with Crippen LogP contribution in [-0.4, -0.2) is 296 Å². The highest BCUT2D eigenvalue weighted by Crippen LogP contribution is 2.38. The van der Waals surface area contributed by atoms with Crippen LogP contribution in [0.5, 0.6) is 0 Å². The number of hydrogen-bond acceptors (Lipinski definition) is 24. The number of aliphatic hydroxyl groups is 6. The molecule has 0 amide bonds. The molecule has 5 unspecified atom stereocenters. The minimum absolute atomic E-state index is 0.131. The first kappa shape index (κ1) is 126. The molecule has 0 heterocycles. The third kappa shape index (κ3) is 66.1. The maximum absolute atomic E-state index is 10.2. The quantitative estimate of drug-likeness (QED) is 0.0244. The maximum atomic E-state index is 10.2. The minimum Gasteiger partial charge on any atom is -0.437 e. The van der Waals surface area contributed by atoms with Crippen LogP contribution in [0.4, 0.5) is 0 Å². The van der Waals surface area contributed by atoms with Crippen LogP contribution in [0.2, 0.25) is 310 Å². The summed E-state index contributed by atoms with van der Waals surface area (Å²) in [5, 5.41) is 60.6. The maximum Gasteiger partial charge on any atom is 0.317 e. The Balaban J connectivity index is -0.00000170. The lowest BCUT2D eigenvalue weighted by Gasteiger charge is -2.42. The molecule has 0 saturated carbocycles. The molecule has 0 rings (SSSR count). The van der Waals surface area contributed by atoms with E-state index in [1.807, 2.05) is 20.8 Å². The van der Waals surface area contributed by atoms with E-state index in [0.29, 0.717) is 19.8 Å². The molecule has 24 nitrogen and oxygen atoms in total. The summed E-state index contributed by atoms with van der Waals surface area (Å²) < 4.78 is 117. The van der Waals surface area contributed by atoms with Crippen LogP contribution in [0.3, 0.4) is 0 Å². The van der Waals surface area contributed by atoms with Crippen molar-refractivity contribution < 1.29 is 108 Å². The summed E-state index contributed by atoms with van der Waals surface area (Å²) in [4.78, 5) is 0. The van der Waals surface area contributed by atoms with Crippen molar-refractivity contribution in [1.82, 2.24) is 0 Å². The van der Waals surface area contributed by atoms with Gasteiger partial charge >= 0.3 is 51.4 Å². The van der Waals surface area contributed by atoms with Gasteiger partial charge in [0.25, 0.3) is 0 Å². The van der Waals surface area contributed by atoms with Gasteiger partial charge in [0.05, 0.1) is 58.0 Å². The average molecular weight is 2010 g/mol. The molecule has 0 fully saturated rings. The molecule has 0 spiro atoms. The van der Waals surface area contributed by atoms with Crippen LogP contribution in [0.15, 0.2) is 0 Å². The highest BCUT2D eigenvalue weighted by Gasteiger charge is 2.49. The largest absolute Gasteiger partial charge is 0.437 e. The topological polar surface area (TPSA) is 288 Å². The molecule has 42 heteroatoms. The fourth-order valence-electron chi connectivity index (χ4n) is 14.6. The monoisotopic (exact) mass is 2010 g/mol. The summed E-state index contributed by atoms with van der Waals surface area (Å²) in [6.07, 6.45) is 0.518. The summed E-state index contributed by atoms with van der Waals surface area (Å²) in [7, 11) is -35.7. The van der Waals surface area contributed by atoms with Gasteiger partial charge in [-0.25, -0.2) is 0 Å². The van der Waals surface area contributed by atoms with Crippen LogP contribution in [-0.2, 0) is 77.8 Å². The van der Waals surface area contributed by atoms with Crippen molar-refractivity contribution in [2.45, 2.75) is 438 Å². The van der Waals surface area contributed by atoms with Crippen molar-refractivity contribution in [3.63, 3.8) is 0 Å². The van der Waals surface area contributed by atoms with Gasteiger partial charge in [0.1, 0.15) is 36.6 Å². The minimum atomic E-state index is -2.44. The molecule has 11 atom stereocenters. The van der Waals surface area contributed by atoms with E-state index in [2.05, 4.69) is 289 Å². The second kappa shape index (κ2) is 53.1. The molecule has 0 saturated heterocycles. The van der Waals surface area contributed by atoms with Crippen LogP contribution >= 0.6 is 0 Å². The normalized spacial score (nSPS) is 17.3. The molecule has 0 aromatic carbocycles. The molecule has 119 heavy (non-hydrogen) atoms. The summed E-state index contributed by atoms with van der Waals surface area (Å²) in [5.74, 6) is 0. The molecule has 0 aliphatic rings.